The van der Waals surface area contributed by atoms with Crippen molar-refractivity contribution in [3.05, 3.63) is 29.8 Å². The Labute approximate surface area is 120 Å². The summed E-state index contributed by atoms with van der Waals surface area (Å²) in [6.45, 7) is 2.26. The summed E-state index contributed by atoms with van der Waals surface area (Å²) in [5, 5.41) is 3.26. The van der Waals surface area contributed by atoms with Crippen LogP contribution < -0.4 is 10.0 Å². The molecule has 0 spiro atoms. The van der Waals surface area contributed by atoms with E-state index in [1.165, 1.54) is 0 Å². The topological polar surface area (TPSA) is 61.4 Å². The minimum atomic E-state index is -3.38. The summed E-state index contributed by atoms with van der Waals surface area (Å²) in [7, 11) is -3.38. The third-order valence-corrected chi connectivity index (χ3v) is 5.13. The van der Waals surface area contributed by atoms with Crippen LogP contribution in [0.5, 0.6) is 0 Å². The fourth-order valence-corrected chi connectivity index (χ4v) is 4.13. The van der Waals surface area contributed by atoms with E-state index in [-0.39, 0.29) is 18.4 Å². The van der Waals surface area contributed by atoms with Gasteiger partial charge < -0.3 is 5.32 Å². The van der Waals surface area contributed by atoms with Crippen LogP contribution in [0.25, 0.3) is 0 Å². The molecular weight excluding hydrogens is 286 g/mol. The van der Waals surface area contributed by atoms with Gasteiger partial charge in [0.2, 0.25) is 0 Å². The number of piperidine rings is 1. The summed E-state index contributed by atoms with van der Waals surface area (Å²) in [6, 6.07) is 7.69. The molecule has 0 unspecified atom stereocenters. The number of nitrogens with zero attached hydrogens (tertiary/aromatic N) is 1. The maximum atomic E-state index is 12.2. The first-order valence-electron chi connectivity index (χ1n) is 6.25. The highest BCUT2D eigenvalue weighted by atomic mass is 35.5. The van der Waals surface area contributed by atoms with Gasteiger partial charge in [0.05, 0.1) is 5.69 Å². The molecule has 2 aliphatic rings. The first-order valence-corrected chi connectivity index (χ1v) is 7.69. The highest BCUT2D eigenvalue weighted by Crippen LogP contribution is 2.29. The minimum absolute atomic E-state index is 0. The predicted octanol–water partition coefficient (Wildman–Crippen LogP) is 1.33. The van der Waals surface area contributed by atoms with E-state index in [0.717, 1.165) is 31.5 Å². The first kappa shape index (κ1) is 14.6. The third-order valence-electron chi connectivity index (χ3n) is 3.61. The normalized spacial score (nSPS) is 22.9. The molecule has 0 amide bonds. The quantitative estimate of drug-likeness (QED) is 0.823. The minimum Gasteiger partial charge on any atom is -0.317 e. The van der Waals surface area contributed by atoms with Crippen molar-refractivity contribution in [2.24, 2.45) is 0 Å². The molecular formula is C12H18ClN3O2S. The van der Waals surface area contributed by atoms with Gasteiger partial charge in [0.25, 0.3) is 0 Å². The van der Waals surface area contributed by atoms with Crippen molar-refractivity contribution in [3.8, 4) is 0 Å². The van der Waals surface area contributed by atoms with Gasteiger partial charge in [-0.15, -0.1) is 12.4 Å². The summed E-state index contributed by atoms with van der Waals surface area (Å²) < 4.78 is 28.7. The van der Waals surface area contributed by atoms with Crippen LogP contribution in [0.4, 0.5) is 5.69 Å². The van der Waals surface area contributed by atoms with Crippen molar-refractivity contribution in [1.82, 2.24) is 9.62 Å². The molecule has 106 valence electrons. The second kappa shape index (κ2) is 5.66. The number of nitrogens with one attached hydrogen (secondary N) is 2. The number of para-hydroxylation sites is 1. The van der Waals surface area contributed by atoms with Crippen LogP contribution >= 0.6 is 12.4 Å². The molecule has 0 radical (unpaired) electrons. The lowest BCUT2D eigenvalue weighted by molar-refractivity contribution is 0.256. The molecule has 0 saturated carbocycles. The Balaban J connectivity index is 0.00000133. The van der Waals surface area contributed by atoms with Crippen LogP contribution in [0.3, 0.4) is 0 Å². The Morgan fingerprint density at radius 3 is 2.58 bits per heavy atom. The van der Waals surface area contributed by atoms with E-state index in [4.69, 9.17) is 0 Å². The number of hydrogen-bond donors (Lipinski definition) is 2. The van der Waals surface area contributed by atoms with Gasteiger partial charge in [0.15, 0.2) is 0 Å². The highest BCUT2D eigenvalue weighted by Gasteiger charge is 2.34. The highest BCUT2D eigenvalue weighted by molar-refractivity contribution is 7.90. The SMILES string of the molecule is Cl.O=S1(=O)Nc2ccccc2CN1C1CCNCC1. The van der Waals surface area contributed by atoms with Gasteiger partial charge in [0, 0.05) is 12.6 Å². The Morgan fingerprint density at radius 1 is 1.16 bits per heavy atom. The Kier molecular flexibility index (Phi) is 4.35. The maximum Gasteiger partial charge on any atom is 0.302 e. The molecule has 0 bridgehead atoms. The molecule has 2 N–H and O–H groups in total. The summed E-state index contributed by atoms with van der Waals surface area (Å²) in [5.41, 5.74) is 1.76. The van der Waals surface area contributed by atoms with Crippen LogP contribution in [0, 0.1) is 0 Å². The Morgan fingerprint density at radius 2 is 1.84 bits per heavy atom. The van der Waals surface area contributed by atoms with Crippen LogP contribution in [0.1, 0.15) is 18.4 Å². The van der Waals surface area contributed by atoms with Crippen LogP contribution in [0.15, 0.2) is 24.3 Å². The van der Waals surface area contributed by atoms with Crippen molar-refractivity contribution in [3.63, 3.8) is 0 Å². The number of hydrogen-bond acceptors (Lipinski definition) is 3. The fraction of sp³-hybridized carbons (Fsp3) is 0.500. The molecule has 5 nitrogen and oxygen atoms in total. The second-order valence-electron chi connectivity index (χ2n) is 4.79. The average Bonchev–Trinajstić information content (AvgIpc) is 2.38. The van der Waals surface area contributed by atoms with Crippen molar-refractivity contribution < 1.29 is 8.42 Å². The Bertz CT molecular complexity index is 544. The number of benzene rings is 1. The molecule has 2 heterocycles. The van der Waals surface area contributed by atoms with E-state index in [1.807, 2.05) is 24.3 Å². The summed E-state index contributed by atoms with van der Waals surface area (Å²) in [6.07, 6.45) is 1.76. The molecule has 0 aliphatic carbocycles. The van der Waals surface area contributed by atoms with Gasteiger partial charge >= 0.3 is 10.2 Å². The van der Waals surface area contributed by atoms with Crippen LogP contribution in [-0.4, -0.2) is 31.9 Å². The molecule has 0 atom stereocenters. The largest absolute Gasteiger partial charge is 0.317 e. The van der Waals surface area contributed by atoms with E-state index < -0.39 is 10.2 Å². The van der Waals surface area contributed by atoms with Crippen molar-refractivity contribution in [1.29, 1.82) is 0 Å². The summed E-state index contributed by atoms with van der Waals surface area (Å²) >= 11 is 0. The molecule has 1 saturated heterocycles. The fourth-order valence-electron chi connectivity index (χ4n) is 2.63. The van der Waals surface area contributed by atoms with E-state index in [2.05, 4.69) is 10.0 Å². The van der Waals surface area contributed by atoms with Gasteiger partial charge in [-0.3, -0.25) is 4.72 Å². The van der Waals surface area contributed by atoms with E-state index >= 15 is 0 Å². The molecule has 1 fully saturated rings. The van der Waals surface area contributed by atoms with E-state index in [0.29, 0.717) is 12.2 Å². The molecule has 7 heteroatoms. The van der Waals surface area contributed by atoms with Crippen molar-refractivity contribution in [2.45, 2.75) is 25.4 Å². The third kappa shape index (κ3) is 2.86. The van der Waals surface area contributed by atoms with Gasteiger partial charge in [-0.25, -0.2) is 0 Å². The monoisotopic (exact) mass is 303 g/mol. The smallest absolute Gasteiger partial charge is 0.302 e. The van der Waals surface area contributed by atoms with Crippen LogP contribution in [0.2, 0.25) is 0 Å². The lowest BCUT2D eigenvalue weighted by Crippen LogP contribution is -2.49. The predicted molar refractivity (Wildman–Crippen MR) is 77.7 cm³/mol. The molecule has 2 aliphatic heterocycles. The molecule has 1 aromatic carbocycles. The number of anilines is 1. The zero-order chi connectivity index (χ0) is 12.6. The van der Waals surface area contributed by atoms with Gasteiger partial charge in [0.1, 0.15) is 0 Å². The summed E-state index contributed by atoms with van der Waals surface area (Å²) in [4.78, 5) is 0. The number of rotatable bonds is 1. The van der Waals surface area contributed by atoms with Gasteiger partial charge in [-0.2, -0.15) is 12.7 Å². The number of halogens is 1. The molecule has 3 rings (SSSR count). The molecule has 19 heavy (non-hydrogen) atoms. The van der Waals surface area contributed by atoms with Crippen LogP contribution in [-0.2, 0) is 16.8 Å². The zero-order valence-electron chi connectivity index (χ0n) is 10.5. The molecule has 1 aromatic rings. The standard InChI is InChI=1S/C12H17N3O2S.ClH/c16-18(17)14-12-4-2-1-3-10(12)9-15(18)11-5-7-13-8-6-11;/h1-4,11,13-14H,5-9H2;1H. The van der Waals surface area contributed by atoms with E-state index in [9.17, 15) is 8.42 Å². The summed E-state index contributed by atoms with van der Waals surface area (Å²) in [5.74, 6) is 0. The lowest BCUT2D eigenvalue weighted by atomic mass is 10.1. The van der Waals surface area contributed by atoms with E-state index in [1.54, 1.807) is 4.31 Å². The maximum absolute atomic E-state index is 12.2. The van der Waals surface area contributed by atoms with Crippen molar-refractivity contribution in [2.75, 3.05) is 17.8 Å². The van der Waals surface area contributed by atoms with Gasteiger partial charge in [-0.1, -0.05) is 18.2 Å². The first-order chi connectivity index (χ1) is 8.67. The average molecular weight is 304 g/mol. The lowest BCUT2D eigenvalue weighted by Gasteiger charge is -2.37. The van der Waals surface area contributed by atoms with Gasteiger partial charge in [-0.05, 0) is 37.6 Å². The Hall–Kier alpha value is -0.820. The zero-order valence-corrected chi connectivity index (χ0v) is 12.1. The number of fused-ring (bicyclic) bond motifs is 1. The molecule has 0 aromatic heterocycles. The second-order valence-corrected chi connectivity index (χ2v) is 6.41. The van der Waals surface area contributed by atoms with Crippen molar-refractivity contribution >= 4 is 28.3 Å².